The number of hydrogen-bond donors (Lipinski definition) is 3. The maximum Gasteiger partial charge on any atom is 0.251 e. The van der Waals surface area contributed by atoms with Crippen molar-refractivity contribution in [1.29, 1.82) is 0 Å². The lowest BCUT2D eigenvalue weighted by molar-refractivity contribution is -0.132. The van der Waals surface area contributed by atoms with Crippen LogP contribution in [0, 0.1) is 11.8 Å². The second-order valence-corrected chi connectivity index (χ2v) is 4.69. The molecule has 0 radical (unpaired) electrons. The SMILES string of the molecule is CC(C)CC(NC(=O)C(O)CO)C(C)C. The Hall–Kier alpha value is -0.610. The molecule has 0 aliphatic carbocycles. The van der Waals surface area contributed by atoms with Crippen LogP contribution in [0.2, 0.25) is 0 Å². The first-order valence-electron chi connectivity index (χ1n) is 5.47. The largest absolute Gasteiger partial charge is 0.393 e. The van der Waals surface area contributed by atoms with Crippen LogP contribution in [0.25, 0.3) is 0 Å². The van der Waals surface area contributed by atoms with E-state index in [1.54, 1.807) is 0 Å². The van der Waals surface area contributed by atoms with E-state index in [1.807, 2.05) is 13.8 Å². The Labute approximate surface area is 91.7 Å². The Bertz CT molecular complexity index is 192. The lowest BCUT2D eigenvalue weighted by Gasteiger charge is -2.25. The summed E-state index contributed by atoms with van der Waals surface area (Å²) in [5.41, 5.74) is 0. The van der Waals surface area contributed by atoms with Gasteiger partial charge in [-0.15, -0.1) is 0 Å². The maximum atomic E-state index is 11.3. The minimum absolute atomic E-state index is 0.0544. The first kappa shape index (κ1) is 14.4. The zero-order valence-corrected chi connectivity index (χ0v) is 10.0. The van der Waals surface area contributed by atoms with Gasteiger partial charge in [-0.1, -0.05) is 27.7 Å². The van der Waals surface area contributed by atoms with Gasteiger partial charge < -0.3 is 15.5 Å². The topological polar surface area (TPSA) is 69.6 Å². The summed E-state index contributed by atoms with van der Waals surface area (Å²) in [7, 11) is 0. The van der Waals surface area contributed by atoms with Crippen LogP contribution in [0.15, 0.2) is 0 Å². The number of carbonyl (C=O) groups is 1. The molecule has 0 fully saturated rings. The van der Waals surface area contributed by atoms with Crippen molar-refractivity contribution in [2.75, 3.05) is 6.61 Å². The number of aliphatic hydroxyl groups is 2. The Morgan fingerprint density at radius 1 is 1.27 bits per heavy atom. The first-order chi connectivity index (χ1) is 6.88. The molecule has 4 nitrogen and oxygen atoms in total. The second kappa shape index (κ2) is 6.80. The van der Waals surface area contributed by atoms with Crippen molar-refractivity contribution < 1.29 is 15.0 Å². The van der Waals surface area contributed by atoms with Gasteiger partial charge in [0.15, 0.2) is 6.10 Å². The molecule has 4 heteroatoms. The molecule has 0 spiro atoms. The van der Waals surface area contributed by atoms with Gasteiger partial charge in [0.2, 0.25) is 0 Å². The normalized spacial score (nSPS) is 15.5. The van der Waals surface area contributed by atoms with E-state index in [4.69, 9.17) is 10.2 Å². The molecule has 15 heavy (non-hydrogen) atoms. The van der Waals surface area contributed by atoms with E-state index >= 15 is 0 Å². The molecule has 0 aliphatic rings. The number of hydrogen-bond acceptors (Lipinski definition) is 3. The third-order valence-corrected chi connectivity index (χ3v) is 2.33. The molecule has 0 saturated carbocycles. The number of rotatable bonds is 6. The monoisotopic (exact) mass is 217 g/mol. The predicted molar refractivity (Wildman–Crippen MR) is 59.3 cm³/mol. The van der Waals surface area contributed by atoms with Crippen molar-refractivity contribution in [2.24, 2.45) is 11.8 Å². The predicted octanol–water partition coefficient (Wildman–Crippen LogP) is 0.526. The molecular formula is C11H23NO3. The van der Waals surface area contributed by atoms with Crippen LogP contribution >= 0.6 is 0 Å². The van der Waals surface area contributed by atoms with Crippen molar-refractivity contribution in [1.82, 2.24) is 5.32 Å². The molecule has 2 unspecified atom stereocenters. The van der Waals surface area contributed by atoms with Crippen LogP contribution in [0.5, 0.6) is 0 Å². The summed E-state index contributed by atoms with van der Waals surface area (Å²) in [6, 6.07) is 0.0544. The molecule has 3 N–H and O–H groups in total. The summed E-state index contributed by atoms with van der Waals surface area (Å²) < 4.78 is 0. The van der Waals surface area contributed by atoms with Crippen LogP contribution in [0.4, 0.5) is 0 Å². The number of amides is 1. The van der Waals surface area contributed by atoms with E-state index in [0.717, 1.165) is 6.42 Å². The van der Waals surface area contributed by atoms with E-state index < -0.39 is 18.6 Å². The highest BCUT2D eigenvalue weighted by Gasteiger charge is 2.21. The van der Waals surface area contributed by atoms with E-state index in [2.05, 4.69) is 19.2 Å². The van der Waals surface area contributed by atoms with E-state index in [9.17, 15) is 4.79 Å². The van der Waals surface area contributed by atoms with Crippen LogP contribution in [0.1, 0.15) is 34.1 Å². The molecule has 0 saturated heterocycles. The molecule has 2 atom stereocenters. The quantitative estimate of drug-likeness (QED) is 0.607. The molecule has 0 bridgehead atoms. The van der Waals surface area contributed by atoms with Gasteiger partial charge in [0.25, 0.3) is 5.91 Å². The molecule has 1 amide bonds. The molecule has 0 aromatic heterocycles. The Kier molecular flexibility index (Phi) is 6.52. The van der Waals surface area contributed by atoms with Gasteiger partial charge in [-0.05, 0) is 18.3 Å². The zero-order chi connectivity index (χ0) is 12.0. The van der Waals surface area contributed by atoms with Crippen molar-refractivity contribution >= 4 is 5.91 Å². The third kappa shape index (κ3) is 5.74. The minimum Gasteiger partial charge on any atom is -0.393 e. The second-order valence-electron chi connectivity index (χ2n) is 4.69. The van der Waals surface area contributed by atoms with Crippen LogP contribution in [0.3, 0.4) is 0 Å². The summed E-state index contributed by atoms with van der Waals surface area (Å²) >= 11 is 0. The van der Waals surface area contributed by atoms with Gasteiger partial charge in [-0.3, -0.25) is 4.79 Å². The highest BCUT2D eigenvalue weighted by atomic mass is 16.3. The van der Waals surface area contributed by atoms with Gasteiger partial charge in [-0.2, -0.15) is 0 Å². The molecule has 0 heterocycles. The van der Waals surface area contributed by atoms with E-state index in [1.165, 1.54) is 0 Å². The molecule has 0 aliphatic heterocycles. The number of carbonyl (C=O) groups excluding carboxylic acids is 1. The molecule has 0 aromatic carbocycles. The average Bonchev–Trinajstić information content (AvgIpc) is 2.14. The van der Waals surface area contributed by atoms with Gasteiger partial charge >= 0.3 is 0 Å². The van der Waals surface area contributed by atoms with Gasteiger partial charge in [0.05, 0.1) is 6.61 Å². The van der Waals surface area contributed by atoms with Crippen molar-refractivity contribution in [3.63, 3.8) is 0 Å². The third-order valence-electron chi connectivity index (χ3n) is 2.33. The van der Waals surface area contributed by atoms with E-state index in [0.29, 0.717) is 11.8 Å². The fourth-order valence-electron chi connectivity index (χ4n) is 1.37. The number of nitrogens with one attached hydrogen (secondary N) is 1. The summed E-state index contributed by atoms with van der Waals surface area (Å²) in [6.45, 7) is 7.70. The van der Waals surface area contributed by atoms with Crippen molar-refractivity contribution in [3.8, 4) is 0 Å². The lowest BCUT2D eigenvalue weighted by atomic mass is 9.94. The standard InChI is InChI=1S/C11H23NO3/c1-7(2)5-9(8(3)4)12-11(15)10(14)6-13/h7-10,13-14H,5-6H2,1-4H3,(H,12,15). The van der Waals surface area contributed by atoms with E-state index in [-0.39, 0.29) is 6.04 Å². The van der Waals surface area contributed by atoms with Crippen LogP contribution in [-0.2, 0) is 4.79 Å². The summed E-state index contributed by atoms with van der Waals surface area (Å²) in [4.78, 5) is 11.3. The first-order valence-corrected chi connectivity index (χ1v) is 5.47. The fraction of sp³-hybridized carbons (Fsp3) is 0.909. The van der Waals surface area contributed by atoms with Gasteiger partial charge in [0, 0.05) is 6.04 Å². The molecule has 0 rings (SSSR count). The smallest absolute Gasteiger partial charge is 0.251 e. The van der Waals surface area contributed by atoms with Crippen molar-refractivity contribution in [2.45, 2.75) is 46.3 Å². The summed E-state index contributed by atoms with van der Waals surface area (Å²) in [5, 5.41) is 20.5. The van der Waals surface area contributed by atoms with Crippen molar-refractivity contribution in [3.05, 3.63) is 0 Å². The lowest BCUT2D eigenvalue weighted by Crippen LogP contribution is -2.45. The van der Waals surface area contributed by atoms with Gasteiger partial charge in [0.1, 0.15) is 0 Å². The van der Waals surface area contributed by atoms with Gasteiger partial charge in [-0.25, -0.2) is 0 Å². The fourth-order valence-corrected chi connectivity index (χ4v) is 1.37. The number of aliphatic hydroxyl groups excluding tert-OH is 2. The zero-order valence-electron chi connectivity index (χ0n) is 10.0. The summed E-state index contributed by atoms with van der Waals surface area (Å²) in [5.74, 6) is 0.322. The highest BCUT2D eigenvalue weighted by molar-refractivity contribution is 5.80. The van der Waals surface area contributed by atoms with Crippen LogP contribution in [-0.4, -0.2) is 34.9 Å². The van der Waals surface area contributed by atoms with Crippen LogP contribution < -0.4 is 5.32 Å². The maximum absolute atomic E-state index is 11.3. The molecule has 0 aromatic rings. The molecular weight excluding hydrogens is 194 g/mol. The highest BCUT2D eigenvalue weighted by Crippen LogP contribution is 2.12. The Morgan fingerprint density at radius 2 is 1.80 bits per heavy atom. The average molecular weight is 217 g/mol. The molecule has 90 valence electrons. The Morgan fingerprint density at radius 3 is 2.13 bits per heavy atom. The summed E-state index contributed by atoms with van der Waals surface area (Å²) in [6.07, 6.45) is -0.430. The minimum atomic E-state index is -1.31. The Balaban J connectivity index is 4.22.